The van der Waals surface area contributed by atoms with Crippen LogP contribution in [0.1, 0.15) is 45.1 Å². The van der Waals surface area contributed by atoms with E-state index in [1.54, 1.807) is 12.1 Å². The summed E-state index contributed by atoms with van der Waals surface area (Å²) in [5, 5.41) is 27.1. The van der Waals surface area contributed by atoms with Crippen LogP contribution in [0.15, 0.2) is 24.3 Å². The maximum absolute atomic E-state index is 13.9. The summed E-state index contributed by atoms with van der Waals surface area (Å²) in [7, 11) is 4.28. The number of hydrogen-bond donors (Lipinski definition) is 13. The second-order valence-corrected chi connectivity index (χ2v) is 13.1. The van der Waals surface area contributed by atoms with Gasteiger partial charge in [0, 0.05) is 12.8 Å². The monoisotopic (exact) mass is 778 g/mol. The number of primary amides is 1. The van der Waals surface area contributed by atoms with Crippen molar-refractivity contribution >= 4 is 46.8 Å². The lowest BCUT2D eigenvalue weighted by Crippen LogP contribution is -2.63. The van der Waals surface area contributed by atoms with Crippen LogP contribution in [0.3, 0.4) is 0 Å². The third-order valence-electron chi connectivity index (χ3n) is 8.80. The topological polar surface area (TPSA) is 371 Å². The number of carbonyl (C=O) groups excluding carboxylic acids is 8. The van der Waals surface area contributed by atoms with E-state index < -0.39 is 114 Å². The number of benzene rings is 1. The van der Waals surface area contributed by atoms with E-state index in [4.69, 9.17) is 28.7 Å². The third kappa shape index (κ3) is 16.3. The Kier molecular flexibility index (Phi) is 21.0. The molecule has 0 aliphatic heterocycles. The van der Waals surface area contributed by atoms with Gasteiger partial charge in [-0.15, -0.1) is 0 Å². The minimum Gasteiger partial charge on any atom is -0.508 e. The number of ketones is 4. The number of nitrogens with two attached hydrogens (primary N) is 5. The quantitative estimate of drug-likeness (QED) is 0.0224. The number of rotatable bonds is 27. The summed E-state index contributed by atoms with van der Waals surface area (Å²) >= 11 is 0. The molecule has 0 radical (unpaired) electrons. The molecule has 4 amide bonds. The first-order valence-electron chi connectivity index (χ1n) is 17.7. The molecule has 0 fully saturated rings. The maximum atomic E-state index is 13.9. The van der Waals surface area contributed by atoms with Gasteiger partial charge in [-0.3, -0.25) is 43.7 Å². The second kappa shape index (κ2) is 23.9. The van der Waals surface area contributed by atoms with Gasteiger partial charge in [-0.2, -0.15) is 0 Å². The molecule has 21 nitrogen and oxygen atoms in total. The molecule has 4 unspecified atom stereocenters. The number of phenolic OH excluding ortho intramolecular Hbond substituents is 1. The zero-order valence-corrected chi connectivity index (χ0v) is 31.8. The SMILES string of the molecule is CNC(C(=O)NC(CC(=O)[C@H](C)NC)C(=O)NC(C(=O)NC(CC(=O)[C@H](C)NC)C(N)=O)C(=O)[C@@H](N)CCCNC(N)N)C(=O)[C@@H](N)Cc1ccc(O)cc1. The van der Waals surface area contributed by atoms with Crippen LogP contribution in [0.4, 0.5) is 0 Å². The minimum absolute atomic E-state index is 0.00190. The lowest BCUT2D eigenvalue weighted by atomic mass is 9.97. The Labute approximate surface area is 319 Å². The molecule has 0 bridgehead atoms. The number of carbonyl (C=O) groups is 8. The van der Waals surface area contributed by atoms with Gasteiger partial charge in [0.05, 0.1) is 24.2 Å². The number of likely N-dealkylation sites (N-methyl/N-ethyl adjacent to an activating group) is 3. The van der Waals surface area contributed by atoms with Crippen LogP contribution in [0, 0.1) is 0 Å². The van der Waals surface area contributed by atoms with Crippen LogP contribution in [-0.2, 0) is 44.8 Å². The van der Waals surface area contributed by atoms with Gasteiger partial charge < -0.3 is 65.7 Å². The molecule has 0 saturated carbocycles. The van der Waals surface area contributed by atoms with E-state index in [0.717, 1.165) is 0 Å². The Morgan fingerprint density at radius 3 is 1.64 bits per heavy atom. The van der Waals surface area contributed by atoms with Gasteiger partial charge >= 0.3 is 0 Å². The fourth-order valence-corrected chi connectivity index (χ4v) is 5.08. The maximum Gasteiger partial charge on any atom is 0.251 e. The van der Waals surface area contributed by atoms with Gasteiger partial charge in [0.2, 0.25) is 17.7 Å². The molecular weight excluding hydrogens is 720 g/mol. The van der Waals surface area contributed by atoms with Crippen molar-refractivity contribution in [3.8, 4) is 5.75 Å². The third-order valence-corrected chi connectivity index (χ3v) is 8.80. The summed E-state index contributed by atoms with van der Waals surface area (Å²) in [6.45, 7) is 3.24. The predicted molar refractivity (Wildman–Crippen MR) is 201 cm³/mol. The molecule has 0 saturated heterocycles. The number of hydrogen-bond acceptors (Lipinski definition) is 17. The van der Waals surface area contributed by atoms with E-state index in [2.05, 4.69) is 37.2 Å². The van der Waals surface area contributed by atoms with Crippen LogP contribution in [0.5, 0.6) is 5.75 Å². The molecule has 1 aromatic carbocycles. The van der Waals surface area contributed by atoms with E-state index in [9.17, 15) is 43.5 Å². The first-order valence-corrected chi connectivity index (χ1v) is 17.7. The highest BCUT2D eigenvalue weighted by molar-refractivity contribution is 6.12. The summed E-state index contributed by atoms with van der Waals surface area (Å²) in [5.41, 5.74) is 29.2. The number of amides is 4. The van der Waals surface area contributed by atoms with Crippen molar-refractivity contribution in [1.82, 2.24) is 37.2 Å². The predicted octanol–water partition coefficient (Wildman–Crippen LogP) is -6.04. The average molecular weight is 779 g/mol. The molecular formula is C34H58N12O9. The van der Waals surface area contributed by atoms with Crippen LogP contribution in [0.2, 0.25) is 0 Å². The fraction of sp³-hybridized carbons (Fsp3) is 0.588. The molecule has 55 heavy (non-hydrogen) atoms. The molecule has 1 rings (SSSR count). The van der Waals surface area contributed by atoms with Gasteiger partial charge in [-0.05, 0) is 78.5 Å². The fourth-order valence-electron chi connectivity index (χ4n) is 5.08. The first kappa shape index (κ1) is 48.3. The van der Waals surface area contributed by atoms with Gasteiger partial charge in [0.15, 0.2) is 29.2 Å². The van der Waals surface area contributed by atoms with E-state index >= 15 is 0 Å². The highest BCUT2D eigenvalue weighted by Crippen LogP contribution is 2.12. The number of nitrogens with one attached hydrogen (secondary N) is 7. The summed E-state index contributed by atoms with van der Waals surface area (Å²) in [4.78, 5) is 106. The highest BCUT2D eigenvalue weighted by Gasteiger charge is 2.38. The molecule has 21 heteroatoms. The summed E-state index contributed by atoms with van der Waals surface area (Å²) in [5.74, 6) is -7.50. The van der Waals surface area contributed by atoms with Crippen molar-refractivity contribution in [2.24, 2.45) is 28.7 Å². The van der Waals surface area contributed by atoms with Gasteiger partial charge in [0.25, 0.3) is 5.91 Å². The van der Waals surface area contributed by atoms with Crippen molar-refractivity contribution in [2.75, 3.05) is 27.7 Å². The van der Waals surface area contributed by atoms with Crippen molar-refractivity contribution < 1.29 is 43.5 Å². The summed E-state index contributed by atoms with van der Waals surface area (Å²) in [6, 6.07) is -5.31. The number of aromatic hydroxyl groups is 1. The van der Waals surface area contributed by atoms with Gasteiger partial charge in [-0.1, -0.05) is 12.1 Å². The van der Waals surface area contributed by atoms with Crippen LogP contribution in [-0.4, -0.2) is 134 Å². The lowest BCUT2D eigenvalue weighted by molar-refractivity contribution is -0.139. The summed E-state index contributed by atoms with van der Waals surface area (Å²) < 4.78 is 0. The van der Waals surface area contributed by atoms with E-state index in [0.29, 0.717) is 5.56 Å². The van der Waals surface area contributed by atoms with E-state index in [1.807, 2.05) is 0 Å². The Morgan fingerprint density at radius 1 is 0.655 bits per heavy atom. The van der Waals surface area contributed by atoms with Gasteiger partial charge in [0.1, 0.15) is 30.2 Å². The average Bonchev–Trinajstić information content (AvgIpc) is 3.14. The molecule has 0 heterocycles. The van der Waals surface area contributed by atoms with Crippen LogP contribution < -0.4 is 65.9 Å². The lowest BCUT2D eigenvalue weighted by Gasteiger charge is -2.27. The molecule has 18 N–H and O–H groups in total. The summed E-state index contributed by atoms with van der Waals surface area (Å²) in [6.07, 6.45) is -1.85. The van der Waals surface area contributed by atoms with Crippen molar-refractivity contribution in [3.05, 3.63) is 29.8 Å². The van der Waals surface area contributed by atoms with E-state index in [1.165, 1.54) is 47.1 Å². The van der Waals surface area contributed by atoms with Gasteiger partial charge in [-0.25, -0.2) is 0 Å². The molecule has 0 aliphatic carbocycles. The molecule has 0 spiro atoms. The zero-order chi connectivity index (χ0) is 42.0. The number of phenols is 1. The molecule has 1 aromatic rings. The Bertz CT molecular complexity index is 1490. The van der Waals surface area contributed by atoms with Crippen molar-refractivity contribution in [2.45, 2.75) is 101 Å². The van der Waals surface area contributed by atoms with Crippen LogP contribution >= 0.6 is 0 Å². The van der Waals surface area contributed by atoms with Crippen LogP contribution in [0.25, 0.3) is 0 Å². The first-order chi connectivity index (χ1) is 25.8. The Morgan fingerprint density at radius 2 is 1.15 bits per heavy atom. The Hall–Kier alpha value is -4.74. The zero-order valence-electron chi connectivity index (χ0n) is 31.8. The largest absolute Gasteiger partial charge is 0.508 e. The van der Waals surface area contributed by atoms with Crippen molar-refractivity contribution in [3.63, 3.8) is 0 Å². The van der Waals surface area contributed by atoms with E-state index in [-0.39, 0.29) is 31.6 Å². The standard InChI is InChI=1S/C34H58N12O9/c1-16(40-3)24(48)14-22(30(37)52)44-33(55)27(28(50)20(35)7-6-12-43-34(38)39)46-31(53)23(15-25(49)17(2)41-4)45-32(54)26(42-5)29(51)21(36)13-18-8-10-19(47)11-9-18/h8-11,16-17,20-23,26-27,34,40-43,47H,6-7,12-15,35-36,38-39H2,1-5H3,(H2,37,52)(H,44,55)(H,45,54)(H,46,53)/t16-,17-,20-,21-,22?,23?,26?,27?/m0/s1. The Balaban J connectivity index is 3.46. The molecule has 308 valence electrons. The minimum atomic E-state index is -2.11. The molecule has 0 aromatic heterocycles. The normalized spacial score (nSPS) is 15.7. The highest BCUT2D eigenvalue weighted by atomic mass is 16.3. The number of Topliss-reactive ketones (excluding diaryl/α,β-unsaturated/α-hetero) is 4. The van der Waals surface area contributed by atoms with Crippen molar-refractivity contribution in [1.29, 1.82) is 0 Å². The molecule has 0 aliphatic rings. The molecule has 8 atom stereocenters. The second-order valence-electron chi connectivity index (χ2n) is 13.1. The smallest absolute Gasteiger partial charge is 0.251 e.